The Balaban J connectivity index is 2.10. The molecule has 0 amide bonds. The van der Waals surface area contributed by atoms with Crippen LogP contribution in [0.25, 0.3) is 0 Å². The molecular formula is C12H13N3O. The summed E-state index contributed by atoms with van der Waals surface area (Å²) in [6.45, 7) is 2.56. The van der Waals surface area contributed by atoms with Crippen molar-refractivity contribution in [2.45, 2.75) is 13.5 Å². The number of nitrogens with zero attached hydrogens (tertiary/aromatic N) is 1. The Bertz CT molecular complexity index is 519. The van der Waals surface area contributed by atoms with Gasteiger partial charge in [0.1, 0.15) is 5.82 Å². The molecule has 0 bridgehead atoms. The van der Waals surface area contributed by atoms with E-state index in [0.717, 1.165) is 11.1 Å². The Morgan fingerprint density at radius 3 is 2.81 bits per heavy atom. The lowest BCUT2D eigenvalue weighted by atomic mass is 10.2. The summed E-state index contributed by atoms with van der Waals surface area (Å²) in [6, 6.07) is 9.98. The fraction of sp³-hybridized carbons (Fsp3) is 0.167. The molecule has 0 aliphatic rings. The summed E-state index contributed by atoms with van der Waals surface area (Å²) in [5.41, 5.74) is 1.75. The van der Waals surface area contributed by atoms with Crippen molar-refractivity contribution in [3.05, 3.63) is 58.1 Å². The lowest BCUT2D eigenvalue weighted by molar-refractivity contribution is 1.01. The van der Waals surface area contributed by atoms with E-state index in [-0.39, 0.29) is 5.69 Å². The Morgan fingerprint density at radius 2 is 2.06 bits per heavy atom. The second kappa shape index (κ2) is 4.61. The van der Waals surface area contributed by atoms with Crippen molar-refractivity contribution in [1.29, 1.82) is 0 Å². The Hall–Kier alpha value is -2.10. The first-order chi connectivity index (χ1) is 7.75. The highest BCUT2D eigenvalue weighted by Gasteiger charge is 2.00. The highest BCUT2D eigenvalue weighted by molar-refractivity contribution is 5.41. The summed E-state index contributed by atoms with van der Waals surface area (Å²) in [5.74, 6) is 0.632. The van der Waals surface area contributed by atoms with E-state index in [2.05, 4.69) is 15.3 Å². The highest BCUT2D eigenvalue weighted by Crippen LogP contribution is 2.08. The number of aryl methyl sites for hydroxylation is 1. The van der Waals surface area contributed by atoms with Crippen molar-refractivity contribution in [2.75, 3.05) is 5.32 Å². The normalized spacial score (nSPS) is 10.1. The molecule has 2 aromatic rings. The third-order valence-electron chi connectivity index (χ3n) is 2.30. The van der Waals surface area contributed by atoms with Crippen LogP contribution in [0.1, 0.15) is 11.1 Å². The van der Waals surface area contributed by atoms with Gasteiger partial charge >= 0.3 is 5.69 Å². The molecule has 0 atom stereocenters. The second-order valence-corrected chi connectivity index (χ2v) is 3.58. The molecule has 0 spiro atoms. The van der Waals surface area contributed by atoms with Gasteiger partial charge in [0.2, 0.25) is 0 Å². The first-order valence-corrected chi connectivity index (χ1v) is 5.10. The van der Waals surface area contributed by atoms with Crippen molar-refractivity contribution in [3.63, 3.8) is 0 Å². The fourth-order valence-corrected chi connectivity index (χ4v) is 1.42. The van der Waals surface area contributed by atoms with Gasteiger partial charge in [-0.15, -0.1) is 0 Å². The standard InChI is InChI=1S/C12H13N3O/c1-9-7-14-12(16)15-11(9)13-8-10-5-3-2-4-6-10/h2-7H,8H2,1H3,(H2,13,14,15,16). The zero-order chi connectivity index (χ0) is 11.4. The predicted molar refractivity (Wildman–Crippen MR) is 63.4 cm³/mol. The SMILES string of the molecule is Cc1c[nH]c(=O)nc1NCc1ccccc1. The molecule has 4 heteroatoms. The van der Waals surface area contributed by atoms with Gasteiger partial charge in [-0.25, -0.2) is 4.79 Å². The zero-order valence-corrected chi connectivity index (χ0v) is 9.03. The van der Waals surface area contributed by atoms with Crippen LogP contribution in [0.15, 0.2) is 41.3 Å². The summed E-state index contributed by atoms with van der Waals surface area (Å²) in [7, 11) is 0. The molecule has 0 saturated carbocycles. The third kappa shape index (κ3) is 2.48. The Labute approximate surface area is 93.4 Å². The van der Waals surface area contributed by atoms with Crippen molar-refractivity contribution >= 4 is 5.82 Å². The fourth-order valence-electron chi connectivity index (χ4n) is 1.42. The number of hydrogen-bond acceptors (Lipinski definition) is 3. The minimum Gasteiger partial charge on any atom is -0.366 e. The van der Waals surface area contributed by atoms with Crippen LogP contribution in [0.5, 0.6) is 0 Å². The van der Waals surface area contributed by atoms with Gasteiger partial charge in [-0.1, -0.05) is 30.3 Å². The molecule has 0 saturated heterocycles. The minimum absolute atomic E-state index is 0.332. The molecule has 1 heterocycles. The lowest BCUT2D eigenvalue weighted by Crippen LogP contribution is -2.14. The molecule has 0 radical (unpaired) electrons. The lowest BCUT2D eigenvalue weighted by Gasteiger charge is -2.07. The van der Waals surface area contributed by atoms with E-state index in [1.807, 2.05) is 37.3 Å². The third-order valence-corrected chi connectivity index (χ3v) is 2.30. The average molecular weight is 215 g/mol. The summed E-state index contributed by atoms with van der Waals surface area (Å²) in [6.07, 6.45) is 1.66. The van der Waals surface area contributed by atoms with Crippen LogP contribution in [0.3, 0.4) is 0 Å². The van der Waals surface area contributed by atoms with E-state index in [1.165, 1.54) is 0 Å². The monoisotopic (exact) mass is 215 g/mol. The number of nitrogens with one attached hydrogen (secondary N) is 2. The van der Waals surface area contributed by atoms with E-state index in [9.17, 15) is 4.79 Å². The van der Waals surface area contributed by atoms with Crippen LogP contribution < -0.4 is 11.0 Å². The van der Waals surface area contributed by atoms with Crippen molar-refractivity contribution in [1.82, 2.24) is 9.97 Å². The molecule has 1 aromatic carbocycles. The topological polar surface area (TPSA) is 57.8 Å². The van der Waals surface area contributed by atoms with E-state index < -0.39 is 0 Å². The van der Waals surface area contributed by atoms with Crippen LogP contribution in [0.4, 0.5) is 5.82 Å². The maximum absolute atomic E-state index is 11.0. The van der Waals surface area contributed by atoms with Crippen LogP contribution in [-0.2, 0) is 6.54 Å². The Morgan fingerprint density at radius 1 is 1.31 bits per heavy atom. The number of benzene rings is 1. The van der Waals surface area contributed by atoms with Gasteiger partial charge < -0.3 is 10.3 Å². The van der Waals surface area contributed by atoms with E-state index >= 15 is 0 Å². The van der Waals surface area contributed by atoms with Crippen LogP contribution in [0, 0.1) is 6.92 Å². The molecule has 0 unspecified atom stereocenters. The molecule has 4 nitrogen and oxygen atoms in total. The van der Waals surface area contributed by atoms with Crippen molar-refractivity contribution in [2.24, 2.45) is 0 Å². The summed E-state index contributed by atoms with van der Waals surface area (Å²) in [4.78, 5) is 17.4. The quantitative estimate of drug-likeness (QED) is 0.819. The average Bonchev–Trinajstić information content (AvgIpc) is 2.32. The largest absolute Gasteiger partial charge is 0.366 e. The number of aromatic nitrogens is 2. The molecule has 0 fully saturated rings. The molecule has 2 rings (SSSR count). The van der Waals surface area contributed by atoms with E-state index in [0.29, 0.717) is 12.4 Å². The van der Waals surface area contributed by atoms with Gasteiger partial charge in [0.25, 0.3) is 0 Å². The van der Waals surface area contributed by atoms with Gasteiger partial charge in [-0.3, -0.25) is 0 Å². The molecule has 82 valence electrons. The maximum Gasteiger partial charge on any atom is 0.346 e. The Kier molecular flexibility index (Phi) is 3.00. The molecule has 16 heavy (non-hydrogen) atoms. The van der Waals surface area contributed by atoms with Crippen molar-refractivity contribution in [3.8, 4) is 0 Å². The number of anilines is 1. The molecular weight excluding hydrogens is 202 g/mol. The summed E-state index contributed by atoms with van der Waals surface area (Å²) in [5, 5.41) is 3.14. The van der Waals surface area contributed by atoms with Crippen LogP contribution in [0.2, 0.25) is 0 Å². The number of aromatic amines is 1. The van der Waals surface area contributed by atoms with Gasteiger partial charge in [-0.2, -0.15) is 4.98 Å². The van der Waals surface area contributed by atoms with Gasteiger partial charge in [0, 0.05) is 18.3 Å². The number of hydrogen-bond donors (Lipinski definition) is 2. The number of rotatable bonds is 3. The van der Waals surface area contributed by atoms with Gasteiger partial charge in [0.05, 0.1) is 0 Å². The molecule has 0 aliphatic carbocycles. The predicted octanol–water partition coefficient (Wildman–Crippen LogP) is 1.69. The second-order valence-electron chi connectivity index (χ2n) is 3.58. The first kappa shape index (κ1) is 10.4. The van der Waals surface area contributed by atoms with Crippen molar-refractivity contribution < 1.29 is 0 Å². The number of H-pyrrole nitrogens is 1. The maximum atomic E-state index is 11.0. The van der Waals surface area contributed by atoms with E-state index in [1.54, 1.807) is 6.20 Å². The minimum atomic E-state index is -0.332. The van der Waals surface area contributed by atoms with Gasteiger partial charge in [0.15, 0.2) is 0 Å². The summed E-state index contributed by atoms with van der Waals surface area (Å²) >= 11 is 0. The molecule has 2 N–H and O–H groups in total. The molecule has 1 aromatic heterocycles. The smallest absolute Gasteiger partial charge is 0.346 e. The first-order valence-electron chi connectivity index (χ1n) is 5.10. The zero-order valence-electron chi connectivity index (χ0n) is 9.03. The highest BCUT2D eigenvalue weighted by atomic mass is 16.1. The van der Waals surface area contributed by atoms with Crippen LogP contribution >= 0.6 is 0 Å². The van der Waals surface area contributed by atoms with Crippen LogP contribution in [-0.4, -0.2) is 9.97 Å². The molecule has 0 aliphatic heterocycles. The van der Waals surface area contributed by atoms with Gasteiger partial charge in [-0.05, 0) is 12.5 Å². The summed E-state index contributed by atoms with van der Waals surface area (Å²) < 4.78 is 0. The van der Waals surface area contributed by atoms with E-state index in [4.69, 9.17) is 0 Å².